The summed E-state index contributed by atoms with van der Waals surface area (Å²) in [6, 6.07) is 7.86. The van der Waals surface area contributed by atoms with E-state index in [1.165, 1.54) is 0 Å². The predicted molar refractivity (Wildman–Crippen MR) is 102 cm³/mol. The Bertz CT molecular complexity index is 477. The Morgan fingerprint density at radius 3 is 2.60 bits per heavy atom. The number of rotatable bonds is 12. The summed E-state index contributed by atoms with van der Waals surface area (Å²) in [4.78, 5) is 4.60. The Labute approximate surface area is 151 Å². The van der Waals surface area contributed by atoms with Crippen molar-refractivity contribution in [2.45, 2.75) is 45.8 Å². The normalized spacial score (nSPS) is 12.7. The third-order valence-electron chi connectivity index (χ3n) is 3.67. The number of methoxy groups -OCH3 is 1. The third kappa shape index (κ3) is 9.94. The fourth-order valence-electron chi connectivity index (χ4n) is 2.25. The molecule has 142 valence electrons. The second-order valence-electron chi connectivity index (χ2n) is 5.81. The van der Waals surface area contributed by atoms with Gasteiger partial charge in [-0.3, -0.25) is 0 Å². The fourth-order valence-corrected chi connectivity index (χ4v) is 2.25. The number of aliphatic imine (C=N–C) groups is 1. The maximum atomic E-state index is 9.90. The van der Waals surface area contributed by atoms with E-state index in [4.69, 9.17) is 9.47 Å². The van der Waals surface area contributed by atoms with Crippen LogP contribution in [0.4, 0.5) is 0 Å². The van der Waals surface area contributed by atoms with Crippen molar-refractivity contribution in [1.82, 2.24) is 10.6 Å². The number of ether oxygens (including phenoxy) is 2. The van der Waals surface area contributed by atoms with Gasteiger partial charge in [-0.25, -0.2) is 4.99 Å². The van der Waals surface area contributed by atoms with Crippen molar-refractivity contribution in [3.8, 4) is 5.75 Å². The molecule has 25 heavy (non-hydrogen) atoms. The van der Waals surface area contributed by atoms with E-state index < -0.39 is 0 Å². The van der Waals surface area contributed by atoms with E-state index in [0.29, 0.717) is 19.0 Å². The van der Waals surface area contributed by atoms with Crippen molar-refractivity contribution in [3.63, 3.8) is 0 Å². The minimum absolute atomic E-state index is 0.360. The maximum Gasteiger partial charge on any atom is 0.191 e. The largest absolute Gasteiger partial charge is 0.497 e. The van der Waals surface area contributed by atoms with Gasteiger partial charge in [-0.2, -0.15) is 0 Å². The highest BCUT2D eigenvalue weighted by atomic mass is 16.5. The standard InChI is InChI=1S/C19H33N3O3/c1-4-7-17(23)15-22-19(20-12-6-13-25-5-2)21-14-16-8-10-18(24-3)11-9-16/h8-11,17,23H,4-7,12-15H2,1-3H3,(H2,20,21,22). The number of nitrogens with zero attached hydrogens (tertiary/aromatic N) is 1. The zero-order chi connectivity index (χ0) is 18.3. The van der Waals surface area contributed by atoms with Crippen molar-refractivity contribution < 1.29 is 14.6 Å². The first kappa shape index (κ1) is 21.3. The minimum atomic E-state index is -0.360. The van der Waals surface area contributed by atoms with Crippen LogP contribution in [-0.4, -0.2) is 50.6 Å². The van der Waals surface area contributed by atoms with Gasteiger partial charge in [0.15, 0.2) is 5.96 Å². The lowest BCUT2D eigenvalue weighted by Gasteiger charge is -2.15. The summed E-state index contributed by atoms with van der Waals surface area (Å²) in [5.41, 5.74) is 1.10. The minimum Gasteiger partial charge on any atom is -0.497 e. The van der Waals surface area contributed by atoms with E-state index in [9.17, 15) is 5.11 Å². The highest BCUT2D eigenvalue weighted by Gasteiger charge is 2.05. The van der Waals surface area contributed by atoms with Crippen LogP contribution in [0.25, 0.3) is 0 Å². The maximum absolute atomic E-state index is 9.90. The summed E-state index contributed by atoms with van der Waals surface area (Å²) in [6.45, 7) is 7.36. The van der Waals surface area contributed by atoms with Crippen LogP contribution in [0.15, 0.2) is 29.3 Å². The van der Waals surface area contributed by atoms with Gasteiger partial charge in [-0.15, -0.1) is 0 Å². The van der Waals surface area contributed by atoms with Gasteiger partial charge >= 0.3 is 0 Å². The molecule has 0 aliphatic heterocycles. The molecule has 1 aromatic carbocycles. The van der Waals surface area contributed by atoms with E-state index in [0.717, 1.165) is 50.3 Å². The second kappa shape index (κ2) is 13.5. The molecular formula is C19H33N3O3. The summed E-state index contributed by atoms with van der Waals surface area (Å²) >= 11 is 0. The smallest absolute Gasteiger partial charge is 0.191 e. The molecule has 0 aromatic heterocycles. The lowest BCUT2D eigenvalue weighted by molar-refractivity contribution is 0.145. The van der Waals surface area contributed by atoms with Gasteiger partial charge in [-0.1, -0.05) is 25.5 Å². The Hall–Kier alpha value is -1.79. The Morgan fingerprint density at radius 2 is 1.96 bits per heavy atom. The molecule has 0 spiro atoms. The summed E-state index contributed by atoms with van der Waals surface area (Å²) in [5, 5.41) is 16.4. The van der Waals surface area contributed by atoms with Gasteiger partial charge in [0, 0.05) is 26.3 Å². The monoisotopic (exact) mass is 351 g/mol. The molecule has 0 aliphatic carbocycles. The number of aliphatic hydroxyl groups is 1. The molecule has 0 saturated carbocycles. The van der Waals surface area contributed by atoms with Crippen molar-refractivity contribution in [2.24, 2.45) is 4.99 Å². The average Bonchev–Trinajstić information content (AvgIpc) is 2.63. The number of nitrogens with one attached hydrogen (secondary N) is 2. The van der Waals surface area contributed by atoms with Crippen molar-refractivity contribution in [2.75, 3.05) is 33.4 Å². The summed E-state index contributed by atoms with van der Waals surface area (Å²) in [6.07, 6.45) is 2.29. The van der Waals surface area contributed by atoms with Crippen LogP contribution in [0, 0.1) is 0 Å². The van der Waals surface area contributed by atoms with E-state index in [1.807, 2.05) is 31.2 Å². The molecule has 0 aliphatic rings. The molecule has 6 heteroatoms. The molecule has 0 bridgehead atoms. The molecule has 0 heterocycles. The van der Waals surface area contributed by atoms with Crippen molar-refractivity contribution in [1.29, 1.82) is 0 Å². The molecule has 3 N–H and O–H groups in total. The quantitative estimate of drug-likeness (QED) is 0.306. The van der Waals surface area contributed by atoms with Gasteiger partial charge < -0.3 is 25.2 Å². The van der Waals surface area contributed by atoms with E-state index in [1.54, 1.807) is 7.11 Å². The van der Waals surface area contributed by atoms with Crippen molar-refractivity contribution in [3.05, 3.63) is 29.8 Å². The van der Waals surface area contributed by atoms with Crippen LogP contribution < -0.4 is 15.4 Å². The van der Waals surface area contributed by atoms with Crippen LogP contribution >= 0.6 is 0 Å². The molecule has 6 nitrogen and oxygen atoms in total. The summed E-state index contributed by atoms with van der Waals surface area (Å²) in [5.74, 6) is 1.55. The first-order chi connectivity index (χ1) is 12.2. The molecule has 0 radical (unpaired) electrons. The molecule has 0 fully saturated rings. The number of benzene rings is 1. The zero-order valence-corrected chi connectivity index (χ0v) is 15.8. The zero-order valence-electron chi connectivity index (χ0n) is 15.8. The molecule has 1 unspecified atom stereocenters. The molecule has 0 amide bonds. The summed E-state index contributed by atoms with van der Waals surface area (Å²) in [7, 11) is 1.66. The number of aliphatic hydroxyl groups excluding tert-OH is 1. The van der Waals surface area contributed by atoms with Gasteiger partial charge in [0.05, 0.1) is 19.8 Å². The fraction of sp³-hybridized carbons (Fsp3) is 0.632. The summed E-state index contributed by atoms with van der Waals surface area (Å²) < 4.78 is 10.5. The van der Waals surface area contributed by atoms with Gasteiger partial charge in [-0.05, 0) is 37.5 Å². The van der Waals surface area contributed by atoms with Gasteiger partial charge in [0.2, 0.25) is 0 Å². The van der Waals surface area contributed by atoms with E-state index in [2.05, 4.69) is 22.5 Å². The lowest BCUT2D eigenvalue weighted by atomic mass is 10.2. The first-order valence-electron chi connectivity index (χ1n) is 9.10. The number of hydrogen-bond donors (Lipinski definition) is 3. The van der Waals surface area contributed by atoms with Gasteiger partial charge in [0.1, 0.15) is 5.75 Å². The number of guanidine groups is 1. The van der Waals surface area contributed by atoms with Crippen LogP contribution in [0.5, 0.6) is 5.75 Å². The third-order valence-corrected chi connectivity index (χ3v) is 3.67. The molecule has 1 aromatic rings. The predicted octanol–water partition coefficient (Wildman–Crippen LogP) is 2.32. The van der Waals surface area contributed by atoms with Crippen LogP contribution in [0.2, 0.25) is 0 Å². The SMILES string of the molecule is CCCC(O)CNC(=NCc1ccc(OC)cc1)NCCCOCC. The first-order valence-corrected chi connectivity index (χ1v) is 9.10. The van der Waals surface area contributed by atoms with Gasteiger partial charge in [0.25, 0.3) is 0 Å². The molecular weight excluding hydrogens is 318 g/mol. The highest BCUT2D eigenvalue weighted by Crippen LogP contribution is 2.11. The number of hydrogen-bond acceptors (Lipinski definition) is 4. The molecule has 1 rings (SSSR count). The topological polar surface area (TPSA) is 75.1 Å². The Kier molecular flexibility index (Phi) is 11.5. The van der Waals surface area contributed by atoms with Crippen LogP contribution in [0.3, 0.4) is 0 Å². The Morgan fingerprint density at radius 1 is 1.20 bits per heavy atom. The van der Waals surface area contributed by atoms with E-state index in [-0.39, 0.29) is 6.10 Å². The van der Waals surface area contributed by atoms with Crippen molar-refractivity contribution >= 4 is 5.96 Å². The van der Waals surface area contributed by atoms with E-state index >= 15 is 0 Å². The molecule has 1 atom stereocenters. The average molecular weight is 351 g/mol. The highest BCUT2D eigenvalue weighted by molar-refractivity contribution is 5.79. The second-order valence-corrected chi connectivity index (χ2v) is 5.81. The molecule has 0 saturated heterocycles. The Balaban J connectivity index is 2.53. The lowest BCUT2D eigenvalue weighted by Crippen LogP contribution is -2.41. The van der Waals surface area contributed by atoms with Crippen LogP contribution in [0.1, 0.15) is 38.7 Å². The van der Waals surface area contributed by atoms with Crippen LogP contribution in [-0.2, 0) is 11.3 Å².